The van der Waals surface area contributed by atoms with Gasteiger partial charge in [0.15, 0.2) is 5.69 Å². The molecule has 1 N–H and O–H groups in total. The zero-order valence-corrected chi connectivity index (χ0v) is 11.1. The van der Waals surface area contributed by atoms with Crippen molar-refractivity contribution >= 4 is 11.7 Å². The molecule has 3 heterocycles. The summed E-state index contributed by atoms with van der Waals surface area (Å²) in [5, 5.41) is 11.1. The highest BCUT2D eigenvalue weighted by Gasteiger charge is 2.40. The van der Waals surface area contributed by atoms with E-state index in [1.54, 1.807) is 12.3 Å². The fourth-order valence-electron chi connectivity index (χ4n) is 3.03. The van der Waals surface area contributed by atoms with Gasteiger partial charge in [-0.15, -0.1) is 5.10 Å². The Balaban J connectivity index is 1.78. The molecule has 2 fully saturated rings. The summed E-state index contributed by atoms with van der Waals surface area (Å²) in [5.74, 6) is -0.439. The van der Waals surface area contributed by atoms with E-state index < -0.39 is 5.97 Å². The number of esters is 1. The molecule has 0 aromatic carbocycles. The van der Waals surface area contributed by atoms with Crippen LogP contribution in [0.25, 0.3) is 0 Å². The molecule has 6 heteroatoms. The van der Waals surface area contributed by atoms with E-state index in [0.717, 1.165) is 31.9 Å². The zero-order chi connectivity index (χ0) is 13.3. The summed E-state index contributed by atoms with van der Waals surface area (Å²) in [6.45, 7) is 4.22. The first-order valence-electron chi connectivity index (χ1n) is 6.59. The number of methoxy groups -OCH3 is 1. The summed E-state index contributed by atoms with van der Waals surface area (Å²) in [7, 11) is 1.35. The van der Waals surface area contributed by atoms with Crippen LogP contribution in [0, 0.1) is 5.41 Å². The number of anilines is 1. The number of carbonyl (C=O) groups excluding carboxylic acids is 1. The van der Waals surface area contributed by atoms with E-state index in [0.29, 0.717) is 5.41 Å². The molecule has 0 amide bonds. The SMILES string of the molecule is COC(=O)c1cc(N2CCC3(CCNC3)C2)cnn1. The van der Waals surface area contributed by atoms with E-state index in [2.05, 4.69) is 25.2 Å². The Morgan fingerprint density at radius 1 is 1.53 bits per heavy atom. The molecule has 0 aliphatic carbocycles. The first-order valence-corrected chi connectivity index (χ1v) is 6.59. The zero-order valence-electron chi connectivity index (χ0n) is 11.1. The molecule has 3 rings (SSSR count). The van der Waals surface area contributed by atoms with Crippen LogP contribution in [0.5, 0.6) is 0 Å². The number of hydrogen-bond acceptors (Lipinski definition) is 6. The smallest absolute Gasteiger partial charge is 0.358 e. The van der Waals surface area contributed by atoms with Crippen molar-refractivity contribution in [2.24, 2.45) is 5.41 Å². The van der Waals surface area contributed by atoms with E-state index >= 15 is 0 Å². The number of carbonyl (C=O) groups is 1. The van der Waals surface area contributed by atoms with Crippen molar-refractivity contribution in [2.45, 2.75) is 12.8 Å². The molecule has 102 valence electrons. The van der Waals surface area contributed by atoms with Crippen molar-refractivity contribution in [2.75, 3.05) is 38.2 Å². The highest BCUT2D eigenvalue weighted by Crippen LogP contribution is 2.37. The van der Waals surface area contributed by atoms with Gasteiger partial charge in [-0.3, -0.25) is 0 Å². The molecule has 19 heavy (non-hydrogen) atoms. The molecule has 1 aromatic rings. The highest BCUT2D eigenvalue weighted by molar-refractivity contribution is 5.87. The Labute approximate surface area is 112 Å². The van der Waals surface area contributed by atoms with E-state index in [4.69, 9.17) is 0 Å². The van der Waals surface area contributed by atoms with Crippen LogP contribution < -0.4 is 10.2 Å². The Bertz CT molecular complexity index is 485. The van der Waals surface area contributed by atoms with Crippen molar-refractivity contribution < 1.29 is 9.53 Å². The van der Waals surface area contributed by atoms with E-state index in [1.807, 2.05) is 0 Å². The topological polar surface area (TPSA) is 67.3 Å². The van der Waals surface area contributed by atoms with E-state index in [1.165, 1.54) is 20.0 Å². The largest absolute Gasteiger partial charge is 0.464 e. The van der Waals surface area contributed by atoms with E-state index in [9.17, 15) is 4.79 Å². The Morgan fingerprint density at radius 3 is 3.16 bits per heavy atom. The molecule has 1 unspecified atom stereocenters. The van der Waals surface area contributed by atoms with Gasteiger partial charge in [-0.2, -0.15) is 5.10 Å². The molecule has 1 atom stereocenters. The molecular formula is C13H18N4O2. The summed E-state index contributed by atoms with van der Waals surface area (Å²) in [6.07, 6.45) is 4.13. The summed E-state index contributed by atoms with van der Waals surface area (Å²) in [4.78, 5) is 13.8. The molecule has 0 radical (unpaired) electrons. The van der Waals surface area contributed by atoms with Crippen LogP contribution >= 0.6 is 0 Å². The predicted molar refractivity (Wildman–Crippen MR) is 70.1 cm³/mol. The van der Waals surface area contributed by atoms with Gasteiger partial charge in [0, 0.05) is 25.0 Å². The number of aromatic nitrogens is 2. The van der Waals surface area contributed by atoms with Crippen molar-refractivity contribution in [1.82, 2.24) is 15.5 Å². The number of nitrogens with zero attached hydrogens (tertiary/aromatic N) is 3. The summed E-state index contributed by atoms with van der Waals surface area (Å²) >= 11 is 0. The van der Waals surface area contributed by atoms with Gasteiger partial charge < -0.3 is 15.0 Å². The third kappa shape index (κ3) is 2.28. The average molecular weight is 262 g/mol. The molecular weight excluding hydrogens is 244 g/mol. The van der Waals surface area contributed by atoms with Gasteiger partial charge in [-0.25, -0.2) is 4.79 Å². The van der Waals surface area contributed by atoms with Crippen LogP contribution in [0.15, 0.2) is 12.3 Å². The van der Waals surface area contributed by atoms with Gasteiger partial charge in [-0.05, 0) is 25.5 Å². The second-order valence-corrected chi connectivity index (χ2v) is 5.39. The first kappa shape index (κ1) is 12.3. The Morgan fingerprint density at radius 2 is 2.42 bits per heavy atom. The van der Waals surface area contributed by atoms with Crippen LogP contribution in [0.3, 0.4) is 0 Å². The minimum absolute atomic E-state index is 0.269. The lowest BCUT2D eigenvalue weighted by Gasteiger charge is -2.23. The summed E-state index contributed by atoms with van der Waals surface area (Å²) < 4.78 is 4.68. The van der Waals surface area contributed by atoms with Gasteiger partial charge in [0.25, 0.3) is 0 Å². The van der Waals surface area contributed by atoms with E-state index in [-0.39, 0.29) is 5.69 Å². The number of hydrogen-bond donors (Lipinski definition) is 1. The molecule has 2 saturated heterocycles. The van der Waals surface area contributed by atoms with Gasteiger partial charge in [0.1, 0.15) is 0 Å². The molecule has 6 nitrogen and oxygen atoms in total. The number of rotatable bonds is 2. The lowest BCUT2D eigenvalue weighted by Crippen LogP contribution is -2.29. The molecule has 0 bridgehead atoms. The fraction of sp³-hybridized carbons (Fsp3) is 0.615. The normalized spacial score (nSPS) is 26.1. The minimum Gasteiger partial charge on any atom is -0.464 e. The van der Waals surface area contributed by atoms with Crippen LogP contribution in [-0.4, -0.2) is 49.5 Å². The maximum atomic E-state index is 11.5. The minimum atomic E-state index is -0.439. The average Bonchev–Trinajstić information content (AvgIpc) is 3.09. The van der Waals surface area contributed by atoms with Gasteiger partial charge in [0.05, 0.1) is 19.0 Å². The Hall–Kier alpha value is -1.69. The number of ether oxygens (including phenoxy) is 1. The van der Waals surface area contributed by atoms with Crippen LogP contribution in [0.1, 0.15) is 23.3 Å². The second kappa shape index (κ2) is 4.77. The summed E-state index contributed by atoms with van der Waals surface area (Å²) in [6, 6.07) is 1.76. The highest BCUT2D eigenvalue weighted by atomic mass is 16.5. The quantitative estimate of drug-likeness (QED) is 0.781. The lowest BCUT2D eigenvalue weighted by atomic mass is 9.86. The number of nitrogens with one attached hydrogen (secondary N) is 1. The monoisotopic (exact) mass is 262 g/mol. The Kier molecular flexibility index (Phi) is 3.10. The van der Waals surface area contributed by atoms with Gasteiger partial charge >= 0.3 is 5.97 Å². The summed E-state index contributed by atoms with van der Waals surface area (Å²) in [5.41, 5.74) is 1.62. The second-order valence-electron chi connectivity index (χ2n) is 5.39. The molecule has 2 aliphatic heterocycles. The van der Waals surface area contributed by atoms with Gasteiger partial charge in [-0.1, -0.05) is 0 Å². The van der Waals surface area contributed by atoms with Crippen molar-refractivity contribution in [1.29, 1.82) is 0 Å². The van der Waals surface area contributed by atoms with Crippen molar-refractivity contribution in [3.05, 3.63) is 18.0 Å². The molecule has 1 aromatic heterocycles. The van der Waals surface area contributed by atoms with Crippen LogP contribution in [0.2, 0.25) is 0 Å². The third-order valence-corrected chi connectivity index (χ3v) is 4.17. The standard InChI is InChI=1S/C13H18N4O2/c1-19-12(18)11-6-10(7-15-16-11)17-5-3-13(9-17)2-4-14-8-13/h6-7,14H,2-5,8-9H2,1H3. The predicted octanol–water partition coefficient (Wildman–Crippen LogP) is 0.453. The maximum Gasteiger partial charge on any atom is 0.358 e. The van der Waals surface area contributed by atoms with Crippen molar-refractivity contribution in [3.63, 3.8) is 0 Å². The van der Waals surface area contributed by atoms with Gasteiger partial charge in [0.2, 0.25) is 0 Å². The lowest BCUT2D eigenvalue weighted by molar-refractivity contribution is 0.0592. The molecule has 2 aliphatic rings. The van der Waals surface area contributed by atoms with Crippen LogP contribution in [0.4, 0.5) is 5.69 Å². The fourth-order valence-corrected chi connectivity index (χ4v) is 3.03. The van der Waals surface area contributed by atoms with Crippen molar-refractivity contribution in [3.8, 4) is 0 Å². The van der Waals surface area contributed by atoms with Crippen LogP contribution in [-0.2, 0) is 4.74 Å². The first-order chi connectivity index (χ1) is 9.22. The third-order valence-electron chi connectivity index (χ3n) is 4.17. The maximum absolute atomic E-state index is 11.5. The molecule has 1 spiro atoms. The molecule has 0 saturated carbocycles.